The van der Waals surface area contributed by atoms with Crippen LogP contribution < -0.4 is 0 Å². The number of Topliss-reactive ketones (excluding diaryl/α,β-unsaturated/α-hetero) is 1. The van der Waals surface area contributed by atoms with E-state index in [2.05, 4.69) is 4.98 Å². The summed E-state index contributed by atoms with van der Waals surface area (Å²) in [4.78, 5) is 44.2. The van der Waals surface area contributed by atoms with Crippen LogP contribution in [0, 0.1) is 13.8 Å². The van der Waals surface area contributed by atoms with Gasteiger partial charge in [0.05, 0.1) is 11.2 Å². The van der Waals surface area contributed by atoms with Crippen molar-refractivity contribution in [1.29, 1.82) is 0 Å². The number of nitrogens with zero attached hydrogens (tertiary/aromatic N) is 3. The second-order valence-electron chi connectivity index (χ2n) is 12.1. The van der Waals surface area contributed by atoms with Crippen LogP contribution in [0.25, 0.3) is 22.2 Å². The largest absolute Gasteiger partial charge is 0.464 e. The molecule has 2 aromatic heterocycles. The Morgan fingerprint density at radius 2 is 1.58 bits per heavy atom. The lowest BCUT2D eigenvalue weighted by Crippen LogP contribution is -2.38. The van der Waals surface area contributed by atoms with E-state index in [-0.39, 0.29) is 5.78 Å². The third-order valence-electron chi connectivity index (χ3n) is 7.34. The zero-order chi connectivity index (χ0) is 31.3. The molecule has 0 aliphatic heterocycles. The second kappa shape index (κ2) is 13.2. The Morgan fingerprint density at radius 1 is 0.907 bits per heavy atom. The molecule has 8 heteroatoms. The first-order valence-electron chi connectivity index (χ1n) is 14.7. The number of carbonyl (C=O) groups is 3. The number of unbranched alkanes of at least 4 members (excludes halogenated alkanes) is 1. The standard InChI is InChI=1S/C35H41N3O5/c1-23-19-24(2)21-28(20-23)32-29(30-22-27(25(3)39)10-11-31(30)38(32)33(40)41)14-18-37(34(42)43-35(4,5)6)17-8-7-9-26-12-15-36-16-13-26/h10-13,15-16,19-22H,7-9,14,17-18H2,1-6H3,(H,40,41). The Morgan fingerprint density at radius 3 is 2.19 bits per heavy atom. The normalized spacial score (nSPS) is 11.5. The van der Waals surface area contributed by atoms with Gasteiger partial charge in [-0.25, -0.2) is 14.2 Å². The molecule has 8 nitrogen and oxygen atoms in total. The number of hydrogen-bond acceptors (Lipinski definition) is 5. The van der Waals surface area contributed by atoms with Gasteiger partial charge in [-0.1, -0.05) is 17.2 Å². The van der Waals surface area contributed by atoms with E-state index < -0.39 is 17.8 Å². The third kappa shape index (κ3) is 7.89. The van der Waals surface area contributed by atoms with Crippen LogP contribution in [0.4, 0.5) is 9.59 Å². The molecule has 43 heavy (non-hydrogen) atoms. The number of pyridine rings is 1. The van der Waals surface area contributed by atoms with Crippen LogP contribution in [0.15, 0.2) is 60.9 Å². The van der Waals surface area contributed by atoms with Crippen molar-refractivity contribution in [2.75, 3.05) is 13.1 Å². The zero-order valence-corrected chi connectivity index (χ0v) is 25.9. The van der Waals surface area contributed by atoms with Gasteiger partial charge in [0.25, 0.3) is 0 Å². The molecule has 0 bridgehead atoms. The molecular weight excluding hydrogens is 542 g/mol. The van der Waals surface area contributed by atoms with Crippen LogP contribution in [0.5, 0.6) is 0 Å². The summed E-state index contributed by atoms with van der Waals surface area (Å²) in [6, 6.07) is 15.1. The summed E-state index contributed by atoms with van der Waals surface area (Å²) in [6.07, 6.45) is 4.96. The number of carboxylic acid groups (broad SMARTS) is 1. The molecule has 0 atom stereocenters. The summed E-state index contributed by atoms with van der Waals surface area (Å²) in [5.74, 6) is -0.103. The van der Waals surface area contributed by atoms with Crippen molar-refractivity contribution in [1.82, 2.24) is 14.5 Å². The molecule has 2 heterocycles. The predicted octanol–water partition coefficient (Wildman–Crippen LogP) is 7.85. The van der Waals surface area contributed by atoms with Crippen molar-refractivity contribution < 1.29 is 24.2 Å². The fraction of sp³-hybridized carbons (Fsp3) is 0.371. The number of fused-ring (bicyclic) bond motifs is 1. The maximum absolute atomic E-state index is 13.4. The fourth-order valence-corrected chi connectivity index (χ4v) is 5.49. The van der Waals surface area contributed by atoms with Crippen molar-refractivity contribution in [3.8, 4) is 11.3 Å². The van der Waals surface area contributed by atoms with Gasteiger partial charge >= 0.3 is 12.2 Å². The molecule has 0 saturated carbocycles. The van der Waals surface area contributed by atoms with E-state index in [4.69, 9.17) is 4.74 Å². The average Bonchev–Trinajstić information content (AvgIpc) is 3.25. The second-order valence-corrected chi connectivity index (χ2v) is 12.1. The van der Waals surface area contributed by atoms with Crippen molar-refractivity contribution in [2.24, 2.45) is 0 Å². The van der Waals surface area contributed by atoms with Crippen LogP contribution >= 0.6 is 0 Å². The number of ketones is 1. The highest BCUT2D eigenvalue weighted by Crippen LogP contribution is 2.36. The van der Waals surface area contributed by atoms with Crippen LogP contribution in [0.3, 0.4) is 0 Å². The van der Waals surface area contributed by atoms with E-state index >= 15 is 0 Å². The van der Waals surface area contributed by atoms with E-state index in [1.807, 2.05) is 65.0 Å². The molecule has 226 valence electrons. The Labute approximate surface area is 253 Å². The van der Waals surface area contributed by atoms with Crippen LogP contribution in [-0.4, -0.2) is 56.2 Å². The molecule has 0 aliphatic rings. The predicted molar refractivity (Wildman–Crippen MR) is 169 cm³/mol. The molecule has 0 saturated heterocycles. The topological polar surface area (TPSA) is 102 Å². The highest BCUT2D eigenvalue weighted by Gasteiger charge is 2.26. The zero-order valence-electron chi connectivity index (χ0n) is 25.9. The number of amides is 1. The quantitative estimate of drug-likeness (QED) is 0.151. The van der Waals surface area contributed by atoms with Gasteiger partial charge in [0.2, 0.25) is 0 Å². The molecule has 1 N–H and O–H groups in total. The average molecular weight is 584 g/mol. The molecule has 0 radical (unpaired) electrons. The molecule has 0 fully saturated rings. The van der Waals surface area contributed by atoms with Crippen molar-refractivity contribution >= 4 is 28.9 Å². The van der Waals surface area contributed by atoms with E-state index in [0.29, 0.717) is 41.7 Å². The third-order valence-corrected chi connectivity index (χ3v) is 7.34. The van der Waals surface area contributed by atoms with Crippen LogP contribution in [0.2, 0.25) is 0 Å². The Balaban J connectivity index is 1.73. The molecule has 0 aliphatic carbocycles. The summed E-state index contributed by atoms with van der Waals surface area (Å²) in [6.45, 7) is 11.8. The summed E-state index contributed by atoms with van der Waals surface area (Å²) in [5.41, 5.74) is 5.66. The number of aryl methyl sites for hydroxylation is 3. The first kappa shape index (κ1) is 31.5. The Bertz CT molecular complexity index is 1610. The minimum atomic E-state index is -1.11. The SMILES string of the molecule is CC(=O)c1ccc2c(c1)c(CCN(CCCCc1ccncc1)C(=O)OC(C)(C)C)c(-c1cc(C)cc(C)c1)n2C(=O)O. The summed E-state index contributed by atoms with van der Waals surface area (Å²) in [7, 11) is 0. The van der Waals surface area contributed by atoms with E-state index in [9.17, 15) is 19.5 Å². The Kier molecular flexibility index (Phi) is 9.69. The molecular formula is C35H41N3O5. The van der Waals surface area contributed by atoms with Crippen molar-refractivity contribution in [2.45, 2.75) is 72.8 Å². The number of rotatable bonds is 10. The molecule has 4 aromatic rings. The fourth-order valence-electron chi connectivity index (χ4n) is 5.49. The molecule has 4 rings (SSSR count). The summed E-state index contributed by atoms with van der Waals surface area (Å²) in [5, 5.41) is 11.1. The van der Waals surface area contributed by atoms with Crippen LogP contribution in [-0.2, 0) is 17.6 Å². The highest BCUT2D eigenvalue weighted by molar-refractivity contribution is 6.04. The number of ether oxygens (including phenoxy) is 1. The minimum Gasteiger partial charge on any atom is -0.464 e. The lowest BCUT2D eigenvalue weighted by Gasteiger charge is -2.27. The number of aromatic nitrogens is 2. The maximum Gasteiger partial charge on any atom is 0.416 e. The van der Waals surface area contributed by atoms with E-state index in [0.717, 1.165) is 41.5 Å². The van der Waals surface area contributed by atoms with Gasteiger partial charge in [0.1, 0.15) is 5.60 Å². The monoisotopic (exact) mass is 583 g/mol. The van der Waals surface area contributed by atoms with E-state index in [1.165, 1.54) is 17.1 Å². The Hall–Kier alpha value is -4.46. The van der Waals surface area contributed by atoms with Gasteiger partial charge in [0.15, 0.2) is 5.78 Å². The van der Waals surface area contributed by atoms with Gasteiger partial charge < -0.3 is 14.7 Å². The number of carbonyl (C=O) groups excluding carboxylic acids is 2. The maximum atomic E-state index is 13.4. The van der Waals surface area contributed by atoms with Gasteiger partial charge in [-0.2, -0.15) is 0 Å². The van der Waals surface area contributed by atoms with Gasteiger partial charge in [-0.15, -0.1) is 0 Å². The molecule has 0 unspecified atom stereocenters. The van der Waals surface area contributed by atoms with Gasteiger partial charge in [0, 0.05) is 36.4 Å². The van der Waals surface area contributed by atoms with Gasteiger partial charge in [-0.05, 0) is 126 Å². The lowest BCUT2D eigenvalue weighted by molar-refractivity contribution is 0.0249. The van der Waals surface area contributed by atoms with Crippen molar-refractivity contribution in [3.63, 3.8) is 0 Å². The van der Waals surface area contributed by atoms with Gasteiger partial charge in [-0.3, -0.25) is 9.78 Å². The number of hydrogen-bond donors (Lipinski definition) is 1. The smallest absolute Gasteiger partial charge is 0.416 e. The lowest BCUT2D eigenvalue weighted by atomic mass is 9.98. The minimum absolute atomic E-state index is 0.103. The van der Waals surface area contributed by atoms with Crippen molar-refractivity contribution in [3.05, 3.63) is 88.7 Å². The van der Waals surface area contributed by atoms with E-state index in [1.54, 1.807) is 35.5 Å². The number of benzene rings is 2. The molecule has 2 aromatic carbocycles. The molecule has 1 amide bonds. The molecule has 0 spiro atoms. The summed E-state index contributed by atoms with van der Waals surface area (Å²) >= 11 is 0. The first-order chi connectivity index (χ1) is 20.3. The summed E-state index contributed by atoms with van der Waals surface area (Å²) < 4.78 is 7.07. The highest BCUT2D eigenvalue weighted by atomic mass is 16.6. The first-order valence-corrected chi connectivity index (χ1v) is 14.7. The van der Waals surface area contributed by atoms with Crippen LogP contribution in [0.1, 0.15) is 73.1 Å².